The van der Waals surface area contributed by atoms with Gasteiger partial charge in [-0.25, -0.2) is 21.6 Å². The molecule has 0 atom stereocenters. The van der Waals surface area contributed by atoms with E-state index in [1.165, 1.54) is 17.1 Å². The number of benzene rings is 1. The normalized spacial score (nSPS) is 16.1. The van der Waals surface area contributed by atoms with Gasteiger partial charge in [-0.15, -0.1) is 0 Å². The fraction of sp³-hybridized carbons (Fsp3) is 0.278. The summed E-state index contributed by atoms with van der Waals surface area (Å²) >= 11 is 0. The van der Waals surface area contributed by atoms with E-state index in [0.717, 1.165) is 4.31 Å². The van der Waals surface area contributed by atoms with Crippen molar-refractivity contribution in [2.75, 3.05) is 26.2 Å². The number of furan rings is 1. The van der Waals surface area contributed by atoms with E-state index in [2.05, 4.69) is 0 Å². The van der Waals surface area contributed by atoms with Crippen LogP contribution in [-0.4, -0.2) is 49.7 Å². The van der Waals surface area contributed by atoms with Crippen LogP contribution in [-0.2, 0) is 14.8 Å². The van der Waals surface area contributed by atoms with Crippen LogP contribution in [0.1, 0.15) is 11.5 Å². The lowest BCUT2D eigenvalue weighted by molar-refractivity contribution is -0.127. The zero-order chi connectivity index (χ0) is 20.5. The molecule has 10 heteroatoms. The van der Waals surface area contributed by atoms with Crippen molar-refractivity contribution in [3.63, 3.8) is 0 Å². The van der Waals surface area contributed by atoms with Gasteiger partial charge >= 0.3 is 0 Å². The monoisotopic (exact) mass is 414 g/mol. The molecule has 3 rings (SSSR count). The first-order valence-corrected chi connectivity index (χ1v) is 9.81. The van der Waals surface area contributed by atoms with Gasteiger partial charge in [-0.2, -0.15) is 4.31 Å². The minimum Gasteiger partial charge on any atom is -0.462 e. The zero-order valence-corrected chi connectivity index (χ0v) is 15.7. The fourth-order valence-electron chi connectivity index (χ4n) is 2.80. The van der Waals surface area contributed by atoms with Crippen molar-refractivity contribution < 1.29 is 30.8 Å². The molecule has 1 aromatic heterocycles. The Morgan fingerprint density at radius 3 is 2.32 bits per heavy atom. The first-order chi connectivity index (χ1) is 13.2. The number of amides is 1. The van der Waals surface area contributed by atoms with Crippen molar-refractivity contribution in [1.82, 2.24) is 9.21 Å². The lowest BCUT2D eigenvalue weighted by Gasteiger charge is -2.33. The minimum absolute atomic E-state index is 0.0743. The third-order valence-electron chi connectivity index (χ3n) is 4.32. The van der Waals surface area contributed by atoms with Crippen molar-refractivity contribution in [3.8, 4) is 0 Å². The third-order valence-corrected chi connectivity index (χ3v) is 6.24. The smallest absolute Gasteiger partial charge is 0.246 e. The summed E-state index contributed by atoms with van der Waals surface area (Å²) in [6.45, 7) is 1.73. The van der Waals surface area contributed by atoms with Gasteiger partial charge in [0, 0.05) is 32.3 Å². The van der Waals surface area contributed by atoms with Gasteiger partial charge in [0.25, 0.3) is 0 Å². The number of carbonyl (C=O) groups is 1. The number of sulfonamides is 1. The Balaban J connectivity index is 1.67. The number of halogens is 3. The number of carbonyl (C=O) groups excluding carboxylic acids is 1. The number of hydrogen-bond donors (Lipinski definition) is 0. The Morgan fingerprint density at radius 2 is 1.71 bits per heavy atom. The maximum atomic E-state index is 13.9. The van der Waals surface area contributed by atoms with Crippen LogP contribution in [0.3, 0.4) is 0 Å². The summed E-state index contributed by atoms with van der Waals surface area (Å²) in [7, 11) is -4.35. The van der Waals surface area contributed by atoms with Crippen LogP contribution in [0.2, 0.25) is 0 Å². The molecule has 150 valence electrons. The highest BCUT2D eigenvalue weighted by molar-refractivity contribution is 7.89. The number of rotatable bonds is 4. The van der Waals surface area contributed by atoms with E-state index in [1.807, 2.05) is 0 Å². The number of hydrogen-bond acceptors (Lipinski definition) is 4. The predicted octanol–water partition coefficient (Wildman–Crippen LogP) is 2.55. The molecule has 1 fully saturated rings. The summed E-state index contributed by atoms with van der Waals surface area (Å²) in [4.78, 5) is 12.7. The van der Waals surface area contributed by atoms with Gasteiger partial charge in [0.15, 0.2) is 17.5 Å². The van der Waals surface area contributed by atoms with Gasteiger partial charge < -0.3 is 9.32 Å². The standard InChI is InChI=1S/C18H17F3N2O4S/c1-12-2-3-13(27-12)4-7-16(24)22-8-10-23(11-9-22)28(25,26)15-6-5-14(19)17(20)18(15)21/h2-7H,8-11H2,1H3/b7-4+. The molecule has 0 spiro atoms. The molecule has 6 nitrogen and oxygen atoms in total. The average molecular weight is 414 g/mol. The molecular formula is C18H17F3N2O4S. The topological polar surface area (TPSA) is 70.8 Å². The van der Waals surface area contributed by atoms with E-state index < -0.39 is 32.4 Å². The highest BCUT2D eigenvalue weighted by Crippen LogP contribution is 2.24. The minimum atomic E-state index is -4.35. The van der Waals surface area contributed by atoms with E-state index in [9.17, 15) is 26.4 Å². The maximum Gasteiger partial charge on any atom is 0.246 e. The molecule has 0 saturated carbocycles. The molecule has 1 aliphatic heterocycles. The lowest BCUT2D eigenvalue weighted by atomic mass is 10.3. The van der Waals surface area contributed by atoms with Crippen LogP contribution in [0.15, 0.2) is 39.7 Å². The van der Waals surface area contributed by atoms with E-state index in [-0.39, 0.29) is 32.1 Å². The summed E-state index contributed by atoms with van der Waals surface area (Å²) in [6.07, 6.45) is 2.83. The molecular weight excluding hydrogens is 397 g/mol. The second-order valence-corrected chi connectivity index (χ2v) is 8.09. The quantitative estimate of drug-likeness (QED) is 0.570. The average Bonchev–Trinajstić information content (AvgIpc) is 3.09. The van der Waals surface area contributed by atoms with Crippen molar-refractivity contribution >= 4 is 22.0 Å². The van der Waals surface area contributed by atoms with Gasteiger partial charge in [-0.05, 0) is 37.3 Å². The Labute approximate surface area is 159 Å². The van der Waals surface area contributed by atoms with Crippen molar-refractivity contribution in [2.45, 2.75) is 11.8 Å². The molecule has 1 saturated heterocycles. The Hall–Kier alpha value is -2.59. The first kappa shape index (κ1) is 20.2. The van der Waals surface area contributed by atoms with Crippen LogP contribution in [0.4, 0.5) is 13.2 Å². The van der Waals surface area contributed by atoms with Crippen LogP contribution in [0, 0.1) is 24.4 Å². The van der Waals surface area contributed by atoms with Gasteiger partial charge in [0.05, 0.1) is 0 Å². The molecule has 0 N–H and O–H groups in total. The summed E-state index contributed by atoms with van der Waals surface area (Å²) in [6, 6.07) is 4.71. The van der Waals surface area contributed by atoms with Crippen molar-refractivity contribution in [1.29, 1.82) is 0 Å². The number of aryl methyl sites for hydroxylation is 1. The highest BCUT2D eigenvalue weighted by Gasteiger charge is 2.33. The lowest BCUT2D eigenvalue weighted by Crippen LogP contribution is -2.50. The zero-order valence-electron chi connectivity index (χ0n) is 14.9. The van der Waals surface area contributed by atoms with Crippen LogP contribution >= 0.6 is 0 Å². The molecule has 0 radical (unpaired) electrons. The van der Waals surface area contributed by atoms with E-state index in [0.29, 0.717) is 23.7 Å². The highest BCUT2D eigenvalue weighted by atomic mass is 32.2. The summed E-state index contributed by atoms with van der Waals surface area (Å²) in [5, 5.41) is 0. The van der Waals surface area contributed by atoms with Gasteiger partial charge in [-0.3, -0.25) is 4.79 Å². The Kier molecular flexibility index (Phi) is 5.61. The van der Waals surface area contributed by atoms with E-state index >= 15 is 0 Å². The van der Waals surface area contributed by atoms with Crippen LogP contribution in [0.5, 0.6) is 0 Å². The molecule has 1 aromatic carbocycles. The predicted molar refractivity (Wildman–Crippen MR) is 94.1 cm³/mol. The van der Waals surface area contributed by atoms with Crippen LogP contribution in [0.25, 0.3) is 6.08 Å². The third kappa shape index (κ3) is 3.97. The summed E-state index contributed by atoms with van der Waals surface area (Å²) in [5.74, 6) is -4.17. The summed E-state index contributed by atoms with van der Waals surface area (Å²) < 4.78 is 71.6. The molecule has 2 aromatic rings. The van der Waals surface area contributed by atoms with Gasteiger partial charge in [0.2, 0.25) is 15.9 Å². The molecule has 2 heterocycles. The SMILES string of the molecule is Cc1ccc(/C=C/C(=O)N2CCN(S(=O)(=O)c3ccc(F)c(F)c3F)CC2)o1. The molecule has 1 aliphatic rings. The van der Waals surface area contributed by atoms with Crippen LogP contribution < -0.4 is 0 Å². The second-order valence-electron chi connectivity index (χ2n) is 6.18. The Morgan fingerprint density at radius 1 is 1.04 bits per heavy atom. The molecule has 0 bridgehead atoms. The van der Waals surface area contributed by atoms with Gasteiger partial charge in [-0.1, -0.05) is 0 Å². The van der Waals surface area contributed by atoms with Crippen molar-refractivity contribution in [3.05, 3.63) is 59.3 Å². The fourth-order valence-corrected chi connectivity index (χ4v) is 4.28. The molecule has 1 amide bonds. The Bertz CT molecular complexity index is 1030. The van der Waals surface area contributed by atoms with E-state index in [4.69, 9.17) is 4.42 Å². The van der Waals surface area contributed by atoms with E-state index in [1.54, 1.807) is 19.1 Å². The maximum absolute atomic E-state index is 13.9. The number of nitrogens with zero attached hydrogens (tertiary/aromatic N) is 2. The number of piperazine rings is 1. The largest absolute Gasteiger partial charge is 0.462 e. The van der Waals surface area contributed by atoms with Crippen molar-refractivity contribution in [2.24, 2.45) is 0 Å². The first-order valence-electron chi connectivity index (χ1n) is 8.37. The molecule has 0 unspecified atom stereocenters. The van der Waals surface area contributed by atoms with Gasteiger partial charge in [0.1, 0.15) is 16.4 Å². The molecule has 0 aliphatic carbocycles. The summed E-state index contributed by atoms with van der Waals surface area (Å²) in [5.41, 5.74) is 0. The molecule has 28 heavy (non-hydrogen) atoms. The second kappa shape index (κ2) is 7.80.